The van der Waals surface area contributed by atoms with Crippen molar-refractivity contribution in [1.29, 1.82) is 0 Å². The van der Waals surface area contributed by atoms with Crippen molar-refractivity contribution >= 4 is 29.9 Å². The maximum atomic E-state index is 5.43. The number of nitrogens with zero attached hydrogens (tertiary/aromatic N) is 2. The smallest absolute Gasteiger partial charge is 0.231 e. The molecule has 0 saturated heterocycles. The van der Waals surface area contributed by atoms with Gasteiger partial charge in [-0.25, -0.2) is 0 Å². The van der Waals surface area contributed by atoms with E-state index in [4.69, 9.17) is 9.47 Å². The van der Waals surface area contributed by atoms with Crippen LogP contribution in [0.3, 0.4) is 0 Å². The normalized spacial score (nSPS) is 12.8. The molecule has 154 valence electrons. The molecule has 2 N–H and O–H groups in total. The molecule has 7 heteroatoms. The Hall–Kier alpha value is -1.22. The lowest BCUT2D eigenvalue weighted by atomic mass is 10.1. The molecule has 0 saturated carbocycles. The van der Waals surface area contributed by atoms with Gasteiger partial charge in [-0.15, -0.1) is 24.0 Å². The van der Waals surface area contributed by atoms with Crippen molar-refractivity contribution in [3.8, 4) is 11.5 Å². The van der Waals surface area contributed by atoms with Crippen LogP contribution in [0.5, 0.6) is 11.5 Å². The van der Waals surface area contributed by atoms with Gasteiger partial charge in [0.25, 0.3) is 0 Å². The van der Waals surface area contributed by atoms with Crippen molar-refractivity contribution in [2.75, 3.05) is 46.1 Å². The molecule has 0 atom stereocenters. The summed E-state index contributed by atoms with van der Waals surface area (Å²) in [5, 5.41) is 6.73. The number of hydrogen-bond donors (Lipinski definition) is 2. The summed E-state index contributed by atoms with van der Waals surface area (Å²) in [5.74, 6) is 2.58. The average molecular weight is 490 g/mol. The van der Waals surface area contributed by atoms with E-state index in [2.05, 4.69) is 53.4 Å². The molecule has 1 aromatic rings. The van der Waals surface area contributed by atoms with Crippen molar-refractivity contribution in [3.63, 3.8) is 0 Å². The van der Waals surface area contributed by atoms with E-state index in [0.29, 0.717) is 6.79 Å². The molecule has 0 radical (unpaired) electrons. The first kappa shape index (κ1) is 23.8. The van der Waals surface area contributed by atoms with Gasteiger partial charge in [0.1, 0.15) is 0 Å². The van der Waals surface area contributed by atoms with Crippen molar-refractivity contribution in [2.45, 2.75) is 40.0 Å². The molecule has 1 heterocycles. The van der Waals surface area contributed by atoms with Crippen LogP contribution in [0, 0.1) is 0 Å². The van der Waals surface area contributed by atoms with Gasteiger partial charge >= 0.3 is 0 Å². The van der Waals surface area contributed by atoms with Crippen LogP contribution in [0.25, 0.3) is 0 Å². The third-order valence-corrected chi connectivity index (χ3v) is 4.53. The zero-order chi connectivity index (χ0) is 18.6. The zero-order valence-corrected chi connectivity index (χ0v) is 19.3. The maximum Gasteiger partial charge on any atom is 0.231 e. The van der Waals surface area contributed by atoms with Crippen LogP contribution < -0.4 is 20.1 Å². The third kappa shape index (κ3) is 8.55. The summed E-state index contributed by atoms with van der Waals surface area (Å²) in [5.41, 5.74) is 1.23. The molecule has 0 spiro atoms. The van der Waals surface area contributed by atoms with Gasteiger partial charge in [-0.1, -0.05) is 19.9 Å². The summed E-state index contributed by atoms with van der Waals surface area (Å²) in [6, 6.07) is 6.13. The molecular formula is C20H35IN4O2. The van der Waals surface area contributed by atoms with Gasteiger partial charge in [0.05, 0.1) is 0 Å². The van der Waals surface area contributed by atoms with Crippen LogP contribution in [-0.4, -0.2) is 56.9 Å². The maximum absolute atomic E-state index is 5.43. The van der Waals surface area contributed by atoms with Gasteiger partial charge in [0, 0.05) is 19.6 Å². The van der Waals surface area contributed by atoms with E-state index in [1.165, 1.54) is 12.0 Å². The lowest BCUT2D eigenvalue weighted by Crippen LogP contribution is -2.38. The Morgan fingerprint density at radius 3 is 2.59 bits per heavy atom. The molecule has 6 nitrogen and oxygen atoms in total. The first-order chi connectivity index (χ1) is 12.8. The largest absolute Gasteiger partial charge is 0.454 e. The lowest BCUT2D eigenvalue weighted by molar-refractivity contribution is 0.174. The summed E-state index contributed by atoms with van der Waals surface area (Å²) in [6.45, 7) is 12.8. The van der Waals surface area contributed by atoms with Crippen LogP contribution in [0.4, 0.5) is 0 Å². The van der Waals surface area contributed by atoms with Crippen LogP contribution in [0.2, 0.25) is 0 Å². The van der Waals surface area contributed by atoms with E-state index in [1.807, 2.05) is 6.07 Å². The van der Waals surface area contributed by atoms with Crippen LogP contribution in [-0.2, 0) is 6.42 Å². The van der Waals surface area contributed by atoms with Gasteiger partial charge in [-0.3, -0.25) is 4.99 Å². The Balaban J connectivity index is 0.00000364. The van der Waals surface area contributed by atoms with Gasteiger partial charge < -0.3 is 25.0 Å². The number of benzene rings is 1. The number of rotatable bonds is 11. The van der Waals surface area contributed by atoms with E-state index in [-0.39, 0.29) is 24.0 Å². The number of unbranched alkanes of at least 4 members (excludes halogenated alkanes) is 1. The third-order valence-electron chi connectivity index (χ3n) is 4.53. The van der Waals surface area contributed by atoms with Crippen LogP contribution in [0.1, 0.15) is 39.2 Å². The molecule has 0 aromatic heterocycles. The molecule has 0 aliphatic carbocycles. The lowest BCUT2D eigenvalue weighted by Gasteiger charge is -2.17. The molecular weight excluding hydrogens is 455 g/mol. The molecule has 0 bridgehead atoms. The average Bonchev–Trinajstić information content (AvgIpc) is 3.12. The fourth-order valence-corrected chi connectivity index (χ4v) is 2.94. The van der Waals surface area contributed by atoms with E-state index >= 15 is 0 Å². The van der Waals surface area contributed by atoms with E-state index in [0.717, 1.165) is 69.6 Å². The Morgan fingerprint density at radius 1 is 1.07 bits per heavy atom. The van der Waals surface area contributed by atoms with E-state index in [9.17, 15) is 0 Å². The molecule has 27 heavy (non-hydrogen) atoms. The highest BCUT2D eigenvalue weighted by Crippen LogP contribution is 2.32. The van der Waals surface area contributed by atoms with E-state index < -0.39 is 0 Å². The fraction of sp³-hybridized carbons (Fsp3) is 0.650. The van der Waals surface area contributed by atoms with Crippen LogP contribution >= 0.6 is 24.0 Å². The molecule has 1 aromatic carbocycles. The second-order valence-corrected chi connectivity index (χ2v) is 6.36. The highest BCUT2D eigenvalue weighted by Gasteiger charge is 2.12. The predicted molar refractivity (Wildman–Crippen MR) is 123 cm³/mol. The monoisotopic (exact) mass is 490 g/mol. The minimum atomic E-state index is 0. The quantitative estimate of drug-likeness (QED) is 0.216. The minimum Gasteiger partial charge on any atom is -0.454 e. The van der Waals surface area contributed by atoms with Crippen molar-refractivity contribution < 1.29 is 9.47 Å². The van der Waals surface area contributed by atoms with Gasteiger partial charge in [0.15, 0.2) is 17.5 Å². The van der Waals surface area contributed by atoms with E-state index in [1.54, 1.807) is 0 Å². The number of nitrogens with one attached hydrogen (secondary N) is 2. The van der Waals surface area contributed by atoms with Crippen molar-refractivity contribution in [3.05, 3.63) is 23.8 Å². The number of aliphatic imine (C=N–C) groups is 1. The Morgan fingerprint density at radius 2 is 1.85 bits per heavy atom. The van der Waals surface area contributed by atoms with Gasteiger partial charge in [-0.2, -0.15) is 0 Å². The van der Waals surface area contributed by atoms with Gasteiger partial charge in [-0.05, 0) is 63.5 Å². The topological polar surface area (TPSA) is 58.1 Å². The number of ether oxygens (including phenoxy) is 2. The summed E-state index contributed by atoms with van der Waals surface area (Å²) < 4.78 is 10.8. The highest BCUT2D eigenvalue weighted by molar-refractivity contribution is 14.0. The van der Waals surface area contributed by atoms with Crippen molar-refractivity contribution in [2.24, 2.45) is 4.99 Å². The first-order valence-corrected chi connectivity index (χ1v) is 9.89. The number of guanidine groups is 1. The molecule has 1 aliphatic rings. The van der Waals surface area contributed by atoms with Crippen LogP contribution in [0.15, 0.2) is 23.2 Å². The SMILES string of the molecule is CCNC(=NCCCCN(CC)CC)NCCc1ccc2c(c1)OCO2.I. The summed E-state index contributed by atoms with van der Waals surface area (Å²) >= 11 is 0. The molecule has 0 amide bonds. The summed E-state index contributed by atoms with van der Waals surface area (Å²) in [4.78, 5) is 7.14. The standard InChI is InChI=1S/C20H34N4O2.HI/c1-4-21-20(22-12-7-8-14-24(5-2)6-3)23-13-11-17-9-10-18-19(15-17)26-16-25-18;/h9-10,15H,4-8,11-14,16H2,1-3H3,(H2,21,22,23);1H. The first-order valence-electron chi connectivity index (χ1n) is 9.89. The minimum absolute atomic E-state index is 0. The second kappa shape index (κ2) is 13.9. The number of hydrogen-bond acceptors (Lipinski definition) is 4. The Labute approximate surface area is 181 Å². The fourth-order valence-electron chi connectivity index (χ4n) is 2.94. The Kier molecular flexibility index (Phi) is 12.2. The predicted octanol–water partition coefficient (Wildman–Crippen LogP) is 3.25. The Bertz CT molecular complexity index is 565. The second-order valence-electron chi connectivity index (χ2n) is 6.36. The number of halogens is 1. The molecule has 0 fully saturated rings. The van der Waals surface area contributed by atoms with Gasteiger partial charge in [0.2, 0.25) is 6.79 Å². The molecule has 1 aliphatic heterocycles. The molecule has 0 unspecified atom stereocenters. The van der Waals surface area contributed by atoms with Crippen molar-refractivity contribution in [1.82, 2.24) is 15.5 Å². The number of fused-ring (bicyclic) bond motifs is 1. The summed E-state index contributed by atoms with van der Waals surface area (Å²) in [6.07, 6.45) is 3.24. The molecule has 2 rings (SSSR count). The zero-order valence-electron chi connectivity index (χ0n) is 16.9. The highest BCUT2D eigenvalue weighted by atomic mass is 127. The summed E-state index contributed by atoms with van der Waals surface area (Å²) in [7, 11) is 0.